The maximum absolute atomic E-state index is 10.8. The lowest BCUT2D eigenvalue weighted by atomic mass is 10.1. The Labute approximate surface area is 79.5 Å². The average molecular weight is 202 g/mol. The Kier molecular flexibility index (Phi) is 4.98. The van der Waals surface area contributed by atoms with Crippen LogP contribution >= 0.6 is 0 Å². The molecule has 6 nitrogen and oxygen atoms in total. The first-order chi connectivity index (χ1) is 6.43. The van der Waals surface area contributed by atoms with Crippen LogP contribution in [0, 0.1) is 0 Å². The van der Waals surface area contributed by atoms with E-state index in [9.17, 15) is 14.4 Å². The predicted molar refractivity (Wildman–Crippen MR) is 44.8 cm³/mol. The first kappa shape index (κ1) is 12.2. The standard InChI is InChI=1S/C8H10O6/c9-5(2-1-3-7(11)12)4-6(10)8(13)14/h4,10H,1-3H2,(H,11,12)(H,13,14). The number of hydrogen-bond donors (Lipinski definition) is 3. The minimum Gasteiger partial charge on any atom is -0.502 e. The summed E-state index contributed by atoms with van der Waals surface area (Å²) in [6.45, 7) is 0. The van der Waals surface area contributed by atoms with Gasteiger partial charge in [0, 0.05) is 18.9 Å². The number of aliphatic carboxylic acids is 2. The van der Waals surface area contributed by atoms with Gasteiger partial charge in [0.05, 0.1) is 0 Å². The molecule has 0 aromatic rings. The van der Waals surface area contributed by atoms with Crippen LogP contribution in [-0.4, -0.2) is 33.0 Å². The van der Waals surface area contributed by atoms with Crippen LogP contribution in [0.1, 0.15) is 19.3 Å². The summed E-state index contributed by atoms with van der Waals surface area (Å²) < 4.78 is 0. The van der Waals surface area contributed by atoms with Gasteiger partial charge >= 0.3 is 11.9 Å². The fraction of sp³-hybridized carbons (Fsp3) is 0.375. The Morgan fingerprint density at radius 1 is 1.00 bits per heavy atom. The topological polar surface area (TPSA) is 112 Å². The van der Waals surface area contributed by atoms with E-state index in [4.69, 9.17) is 15.3 Å². The smallest absolute Gasteiger partial charge is 0.371 e. The van der Waals surface area contributed by atoms with E-state index in [0.717, 1.165) is 0 Å². The van der Waals surface area contributed by atoms with Gasteiger partial charge in [0.2, 0.25) is 5.76 Å². The van der Waals surface area contributed by atoms with Crippen LogP contribution in [0.5, 0.6) is 0 Å². The number of hydrogen-bond acceptors (Lipinski definition) is 4. The SMILES string of the molecule is O=C(O)CCCC(=O)C=C(O)C(=O)O. The summed E-state index contributed by atoms with van der Waals surface area (Å²) >= 11 is 0. The summed E-state index contributed by atoms with van der Waals surface area (Å²) in [5, 5.41) is 25.0. The summed E-state index contributed by atoms with van der Waals surface area (Å²) in [7, 11) is 0. The second-order valence-corrected chi connectivity index (χ2v) is 2.55. The van der Waals surface area contributed by atoms with Gasteiger partial charge in [-0.15, -0.1) is 0 Å². The van der Waals surface area contributed by atoms with Gasteiger partial charge < -0.3 is 15.3 Å². The maximum atomic E-state index is 10.8. The van der Waals surface area contributed by atoms with Crippen LogP contribution in [0.4, 0.5) is 0 Å². The normalized spacial score (nSPS) is 11.0. The summed E-state index contributed by atoms with van der Waals surface area (Å²) in [6, 6.07) is 0. The summed E-state index contributed by atoms with van der Waals surface area (Å²) in [5.74, 6) is -4.25. The molecule has 0 aliphatic rings. The minimum atomic E-state index is -1.59. The molecule has 0 bridgehead atoms. The predicted octanol–water partition coefficient (Wildman–Crippen LogP) is 0.337. The minimum absolute atomic E-state index is 0.0936. The largest absolute Gasteiger partial charge is 0.502 e. The van der Waals surface area contributed by atoms with Crippen molar-refractivity contribution in [3.8, 4) is 0 Å². The van der Waals surface area contributed by atoms with Gasteiger partial charge in [-0.3, -0.25) is 9.59 Å². The lowest BCUT2D eigenvalue weighted by Gasteiger charge is -1.94. The third-order valence-electron chi connectivity index (χ3n) is 1.33. The summed E-state index contributed by atoms with van der Waals surface area (Å²) in [6.07, 6.45) is 0.443. The van der Waals surface area contributed by atoms with Crippen LogP contribution in [0.25, 0.3) is 0 Å². The molecule has 0 aromatic heterocycles. The van der Waals surface area contributed by atoms with Crippen molar-refractivity contribution in [2.24, 2.45) is 0 Å². The molecule has 0 unspecified atom stereocenters. The monoisotopic (exact) mass is 202 g/mol. The quantitative estimate of drug-likeness (QED) is 0.423. The molecule has 0 aliphatic carbocycles. The molecule has 14 heavy (non-hydrogen) atoms. The van der Waals surface area contributed by atoms with Gasteiger partial charge in [0.15, 0.2) is 5.78 Å². The second kappa shape index (κ2) is 5.74. The van der Waals surface area contributed by atoms with Gasteiger partial charge in [-0.1, -0.05) is 0 Å². The number of allylic oxidation sites excluding steroid dienone is 1. The van der Waals surface area contributed by atoms with E-state index in [0.29, 0.717) is 6.08 Å². The van der Waals surface area contributed by atoms with Crippen molar-refractivity contribution in [3.63, 3.8) is 0 Å². The van der Waals surface area contributed by atoms with Crippen LogP contribution in [-0.2, 0) is 14.4 Å². The molecular weight excluding hydrogens is 192 g/mol. The number of carboxylic acid groups (broad SMARTS) is 2. The van der Waals surface area contributed by atoms with Crippen LogP contribution < -0.4 is 0 Å². The van der Waals surface area contributed by atoms with Crippen LogP contribution in [0.3, 0.4) is 0 Å². The van der Waals surface area contributed by atoms with Crippen molar-refractivity contribution in [1.29, 1.82) is 0 Å². The number of carbonyl (C=O) groups is 3. The third-order valence-corrected chi connectivity index (χ3v) is 1.33. The number of ketones is 1. The van der Waals surface area contributed by atoms with E-state index in [2.05, 4.69) is 0 Å². The highest BCUT2D eigenvalue weighted by Gasteiger charge is 2.07. The molecule has 0 amide bonds. The van der Waals surface area contributed by atoms with Crippen LogP contribution in [0.15, 0.2) is 11.8 Å². The van der Waals surface area contributed by atoms with Gasteiger partial charge in [-0.25, -0.2) is 4.79 Å². The van der Waals surface area contributed by atoms with Gasteiger partial charge in [0.25, 0.3) is 0 Å². The zero-order valence-corrected chi connectivity index (χ0v) is 7.27. The number of rotatable bonds is 6. The first-order valence-electron chi connectivity index (χ1n) is 3.82. The Bertz CT molecular complexity index is 278. The number of aliphatic hydroxyl groups is 1. The highest BCUT2D eigenvalue weighted by Crippen LogP contribution is 1.99. The molecule has 0 aliphatic heterocycles. The molecule has 0 atom stereocenters. The van der Waals surface area contributed by atoms with Gasteiger partial charge in [-0.05, 0) is 6.42 Å². The Morgan fingerprint density at radius 3 is 2.00 bits per heavy atom. The fourth-order valence-electron chi connectivity index (χ4n) is 0.700. The molecule has 0 saturated heterocycles. The molecule has 0 aromatic carbocycles. The van der Waals surface area contributed by atoms with Crippen molar-refractivity contribution in [1.82, 2.24) is 0 Å². The molecule has 0 fully saturated rings. The molecule has 0 spiro atoms. The number of carboxylic acids is 2. The third kappa shape index (κ3) is 5.76. The van der Waals surface area contributed by atoms with Crippen molar-refractivity contribution >= 4 is 17.7 Å². The molecule has 0 radical (unpaired) electrons. The maximum Gasteiger partial charge on any atom is 0.371 e. The van der Waals surface area contributed by atoms with E-state index in [1.807, 2.05) is 0 Å². The van der Waals surface area contributed by atoms with E-state index in [-0.39, 0.29) is 19.3 Å². The van der Waals surface area contributed by atoms with E-state index < -0.39 is 23.5 Å². The second-order valence-electron chi connectivity index (χ2n) is 2.55. The Balaban J connectivity index is 3.93. The average Bonchev–Trinajstić information content (AvgIpc) is 2.02. The number of aliphatic hydroxyl groups excluding tert-OH is 1. The van der Waals surface area contributed by atoms with Crippen molar-refractivity contribution in [3.05, 3.63) is 11.8 Å². The molecule has 0 rings (SSSR count). The zero-order chi connectivity index (χ0) is 11.1. The van der Waals surface area contributed by atoms with E-state index >= 15 is 0 Å². The molecule has 3 N–H and O–H groups in total. The lowest BCUT2D eigenvalue weighted by molar-refractivity contribution is -0.137. The van der Waals surface area contributed by atoms with Gasteiger partial charge in [-0.2, -0.15) is 0 Å². The molecule has 0 heterocycles. The summed E-state index contributed by atoms with van der Waals surface area (Å²) in [4.78, 5) is 30.9. The zero-order valence-electron chi connectivity index (χ0n) is 7.27. The van der Waals surface area contributed by atoms with Crippen molar-refractivity contribution in [2.75, 3.05) is 0 Å². The van der Waals surface area contributed by atoms with E-state index in [1.165, 1.54) is 0 Å². The van der Waals surface area contributed by atoms with E-state index in [1.54, 1.807) is 0 Å². The molecule has 0 saturated carbocycles. The molecule has 78 valence electrons. The highest BCUT2D eigenvalue weighted by molar-refractivity contribution is 5.97. The van der Waals surface area contributed by atoms with Crippen LogP contribution in [0.2, 0.25) is 0 Å². The van der Waals surface area contributed by atoms with Crippen molar-refractivity contribution < 1.29 is 29.7 Å². The lowest BCUT2D eigenvalue weighted by Crippen LogP contribution is -2.04. The Hall–Kier alpha value is -1.85. The van der Waals surface area contributed by atoms with Gasteiger partial charge in [0.1, 0.15) is 0 Å². The fourth-order valence-corrected chi connectivity index (χ4v) is 0.700. The first-order valence-corrected chi connectivity index (χ1v) is 3.82. The summed E-state index contributed by atoms with van der Waals surface area (Å²) in [5.41, 5.74) is 0. The number of carbonyl (C=O) groups excluding carboxylic acids is 1. The Morgan fingerprint density at radius 2 is 1.57 bits per heavy atom. The molecule has 6 heteroatoms. The molecular formula is C8H10O6. The van der Waals surface area contributed by atoms with Crippen molar-refractivity contribution in [2.45, 2.75) is 19.3 Å². The highest BCUT2D eigenvalue weighted by atomic mass is 16.4.